The van der Waals surface area contributed by atoms with Crippen LogP contribution in [0.2, 0.25) is 0 Å². The smallest absolute Gasteiger partial charge is 0.119 e. The lowest BCUT2D eigenvalue weighted by Gasteiger charge is -2.27. The zero-order valence-corrected chi connectivity index (χ0v) is 15.6. The van der Waals surface area contributed by atoms with Gasteiger partial charge in [-0.15, -0.1) is 6.58 Å². The molecule has 0 atom stereocenters. The van der Waals surface area contributed by atoms with Gasteiger partial charge in [-0.25, -0.2) is 0 Å². The van der Waals surface area contributed by atoms with Crippen LogP contribution in [0.5, 0.6) is 5.75 Å². The van der Waals surface area contributed by atoms with E-state index in [9.17, 15) is 0 Å². The van der Waals surface area contributed by atoms with E-state index in [0.717, 1.165) is 30.4 Å². The molecule has 0 amide bonds. The van der Waals surface area contributed by atoms with Crippen LogP contribution in [-0.4, -0.2) is 7.11 Å². The van der Waals surface area contributed by atoms with Crippen LogP contribution in [0.25, 0.3) is 11.1 Å². The van der Waals surface area contributed by atoms with Crippen LogP contribution in [0, 0.1) is 5.92 Å². The molecule has 0 aromatic heterocycles. The van der Waals surface area contributed by atoms with Gasteiger partial charge in [0.2, 0.25) is 0 Å². The van der Waals surface area contributed by atoms with E-state index < -0.39 is 0 Å². The van der Waals surface area contributed by atoms with Gasteiger partial charge in [-0.1, -0.05) is 49.8 Å². The van der Waals surface area contributed by atoms with Gasteiger partial charge in [0.15, 0.2) is 0 Å². The molecule has 25 heavy (non-hydrogen) atoms. The van der Waals surface area contributed by atoms with Gasteiger partial charge < -0.3 is 4.74 Å². The van der Waals surface area contributed by atoms with Crippen molar-refractivity contribution in [2.24, 2.45) is 5.92 Å². The quantitative estimate of drug-likeness (QED) is 0.529. The molecule has 0 spiro atoms. The summed E-state index contributed by atoms with van der Waals surface area (Å²) in [6.45, 7) is 6.18. The standard InChI is InChI=1S/C24H30O/c1-4-6-22-17-23(25-3)15-16-24(22)21-13-11-20(12-14-21)19-9-7-18(5-2)8-10-19/h5,11-19H,2,4,6-10H2,1,3H3/t18-,19-. The lowest BCUT2D eigenvalue weighted by Crippen LogP contribution is -2.11. The molecular formula is C24H30O. The van der Waals surface area contributed by atoms with Crippen LogP contribution in [0.15, 0.2) is 55.1 Å². The van der Waals surface area contributed by atoms with E-state index in [-0.39, 0.29) is 0 Å². The SMILES string of the molecule is C=C[C@H]1CC[C@H](c2ccc(-c3ccc(OC)cc3CCC)cc2)CC1. The summed E-state index contributed by atoms with van der Waals surface area (Å²) in [7, 11) is 1.74. The van der Waals surface area contributed by atoms with Gasteiger partial charge in [-0.3, -0.25) is 0 Å². The predicted molar refractivity (Wildman–Crippen MR) is 107 cm³/mol. The highest BCUT2D eigenvalue weighted by Crippen LogP contribution is 2.37. The molecule has 1 aliphatic rings. The van der Waals surface area contributed by atoms with E-state index in [4.69, 9.17) is 4.74 Å². The molecular weight excluding hydrogens is 304 g/mol. The molecule has 2 aromatic carbocycles. The summed E-state index contributed by atoms with van der Waals surface area (Å²) in [5.74, 6) is 2.39. The molecule has 132 valence electrons. The maximum Gasteiger partial charge on any atom is 0.119 e. The average molecular weight is 335 g/mol. The number of hydrogen-bond donors (Lipinski definition) is 0. The second-order valence-corrected chi connectivity index (χ2v) is 7.24. The van der Waals surface area contributed by atoms with Crippen molar-refractivity contribution in [2.45, 2.75) is 51.4 Å². The summed E-state index contributed by atoms with van der Waals surface area (Å²) < 4.78 is 5.40. The van der Waals surface area contributed by atoms with Crippen molar-refractivity contribution in [3.05, 3.63) is 66.2 Å². The van der Waals surface area contributed by atoms with Crippen LogP contribution in [0.3, 0.4) is 0 Å². The number of hydrogen-bond acceptors (Lipinski definition) is 1. The first-order chi connectivity index (χ1) is 12.2. The van der Waals surface area contributed by atoms with Crippen molar-refractivity contribution < 1.29 is 4.74 Å². The third-order valence-electron chi connectivity index (χ3n) is 5.63. The predicted octanol–water partition coefficient (Wildman–Crippen LogP) is 6.77. The Morgan fingerprint density at radius 3 is 2.36 bits per heavy atom. The van der Waals surface area contributed by atoms with Gasteiger partial charge in [-0.2, -0.15) is 0 Å². The first-order valence-electron chi connectivity index (χ1n) is 9.65. The van der Waals surface area contributed by atoms with Crippen molar-refractivity contribution in [3.8, 4) is 16.9 Å². The lowest BCUT2D eigenvalue weighted by molar-refractivity contribution is 0.376. The van der Waals surface area contributed by atoms with Gasteiger partial charge in [0.25, 0.3) is 0 Å². The molecule has 0 bridgehead atoms. The van der Waals surface area contributed by atoms with Gasteiger partial charge in [0.05, 0.1) is 7.11 Å². The second-order valence-electron chi connectivity index (χ2n) is 7.24. The van der Waals surface area contributed by atoms with Crippen LogP contribution in [-0.2, 0) is 6.42 Å². The Bertz CT molecular complexity index is 691. The molecule has 0 unspecified atom stereocenters. The van der Waals surface area contributed by atoms with E-state index in [1.54, 1.807) is 7.11 Å². The van der Waals surface area contributed by atoms with Crippen LogP contribution >= 0.6 is 0 Å². The maximum absolute atomic E-state index is 5.40. The highest BCUT2D eigenvalue weighted by molar-refractivity contribution is 5.68. The maximum atomic E-state index is 5.40. The Morgan fingerprint density at radius 2 is 1.76 bits per heavy atom. The van der Waals surface area contributed by atoms with E-state index in [1.807, 2.05) is 0 Å². The Hall–Kier alpha value is -2.02. The Labute approximate surface area is 152 Å². The summed E-state index contributed by atoms with van der Waals surface area (Å²) in [6, 6.07) is 15.7. The fraction of sp³-hybridized carbons (Fsp3) is 0.417. The molecule has 3 rings (SSSR count). The number of methoxy groups -OCH3 is 1. The molecule has 0 radical (unpaired) electrons. The Kier molecular flexibility index (Phi) is 5.96. The topological polar surface area (TPSA) is 9.23 Å². The Balaban J connectivity index is 1.79. The second kappa shape index (κ2) is 8.38. The molecule has 1 fully saturated rings. The lowest BCUT2D eigenvalue weighted by atomic mass is 9.78. The molecule has 1 nitrogen and oxygen atoms in total. The molecule has 1 aliphatic carbocycles. The Morgan fingerprint density at radius 1 is 1.04 bits per heavy atom. The molecule has 0 aliphatic heterocycles. The van der Waals surface area contributed by atoms with Crippen molar-refractivity contribution in [2.75, 3.05) is 7.11 Å². The number of ether oxygens (including phenoxy) is 1. The number of aryl methyl sites for hydroxylation is 1. The third kappa shape index (κ3) is 4.15. The minimum Gasteiger partial charge on any atom is -0.497 e. The first kappa shape index (κ1) is 17.8. The average Bonchev–Trinajstić information content (AvgIpc) is 2.68. The van der Waals surface area contributed by atoms with E-state index >= 15 is 0 Å². The normalized spacial score (nSPS) is 20.2. The highest BCUT2D eigenvalue weighted by Gasteiger charge is 2.20. The van der Waals surface area contributed by atoms with Crippen LogP contribution in [0.4, 0.5) is 0 Å². The van der Waals surface area contributed by atoms with Gasteiger partial charge in [0.1, 0.15) is 5.75 Å². The number of allylic oxidation sites excluding steroid dienone is 1. The summed E-state index contributed by atoms with van der Waals surface area (Å²) in [5.41, 5.74) is 5.53. The summed E-state index contributed by atoms with van der Waals surface area (Å²) >= 11 is 0. The van der Waals surface area contributed by atoms with Crippen LogP contribution in [0.1, 0.15) is 56.1 Å². The van der Waals surface area contributed by atoms with E-state index in [1.165, 1.54) is 47.9 Å². The largest absolute Gasteiger partial charge is 0.497 e. The van der Waals surface area contributed by atoms with Crippen molar-refractivity contribution in [1.29, 1.82) is 0 Å². The fourth-order valence-corrected chi connectivity index (χ4v) is 4.08. The minimum absolute atomic E-state index is 0.719. The zero-order valence-electron chi connectivity index (χ0n) is 15.6. The zero-order chi connectivity index (χ0) is 17.6. The molecule has 0 heterocycles. The summed E-state index contributed by atoms with van der Waals surface area (Å²) in [4.78, 5) is 0. The van der Waals surface area contributed by atoms with Crippen molar-refractivity contribution >= 4 is 0 Å². The summed E-state index contributed by atoms with van der Waals surface area (Å²) in [5, 5.41) is 0. The summed E-state index contributed by atoms with van der Waals surface area (Å²) in [6.07, 6.45) is 9.52. The molecule has 0 saturated heterocycles. The van der Waals surface area contributed by atoms with E-state index in [0.29, 0.717) is 0 Å². The molecule has 0 N–H and O–H groups in total. The van der Waals surface area contributed by atoms with Crippen LogP contribution < -0.4 is 4.74 Å². The number of rotatable bonds is 6. The highest BCUT2D eigenvalue weighted by atomic mass is 16.5. The van der Waals surface area contributed by atoms with Crippen molar-refractivity contribution in [1.82, 2.24) is 0 Å². The monoisotopic (exact) mass is 334 g/mol. The third-order valence-corrected chi connectivity index (χ3v) is 5.63. The van der Waals surface area contributed by atoms with Gasteiger partial charge >= 0.3 is 0 Å². The molecule has 1 saturated carbocycles. The first-order valence-corrected chi connectivity index (χ1v) is 9.65. The van der Waals surface area contributed by atoms with Crippen molar-refractivity contribution in [3.63, 3.8) is 0 Å². The van der Waals surface area contributed by atoms with Gasteiger partial charge in [0, 0.05) is 0 Å². The molecule has 2 aromatic rings. The van der Waals surface area contributed by atoms with Gasteiger partial charge in [-0.05, 0) is 78.3 Å². The minimum atomic E-state index is 0.719. The van der Waals surface area contributed by atoms with E-state index in [2.05, 4.69) is 62.0 Å². The fourth-order valence-electron chi connectivity index (χ4n) is 4.08. The number of benzene rings is 2. The molecule has 1 heteroatoms.